The molecule has 8 nitrogen and oxygen atoms in total. The van der Waals surface area contributed by atoms with E-state index < -0.39 is 11.9 Å². The molecular formula is C18H20N2O6. The Hall–Kier alpha value is -3.34. The molecule has 0 amide bonds. The van der Waals surface area contributed by atoms with Gasteiger partial charge in [-0.2, -0.15) is 5.26 Å². The molecule has 0 aliphatic carbocycles. The summed E-state index contributed by atoms with van der Waals surface area (Å²) >= 11 is 0. The van der Waals surface area contributed by atoms with Crippen molar-refractivity contribution in [3.05, 3.63) is 40.5 Å². The van der Waals surface area contributed by atoms with Crippen LogP contribution in [0.4, 0.5) is 0 Å². The van der Waals surface area contributed by atoms with Gasteiger partial charge in [0.05, 0.1) is 32.3 Å². The number of benzene rings is 1. The van der Waals surface area contributed by atoms with Crippen molar-refractivity contribution in [3.63, 3.8) is 0 Å². The number of methoxy groups -OCH3 is 2. The first-order chi connectivity index (χ1) is 12.4. The monoisotopic (exact) mass is 360 g/mol. The second kappa shape index (κ2) is 7.70. The van der Waals surface area contributed by atoms with Crippen LogP contribution < -0.4 is 15.2 Å². The maximum Gasteiger partial charge on any atom is 0.338 e. The van der Waals surface area contributed by atoms with Gasteiger partial charge in [-0.1, -0.05) is 0 Å². The van der Waals surface area contributed by atoms with E-state index in [-0.39, 0.29) is 46.5 Å². The molecule has 1 aromatic carbocycles. The molecule has 1 heterocycles. The van der Waals surface area contributed by atoms with E-state index in [1.54, 1.807) is 6.92 Å². The molecule has 8 heteroatoms. The molecule has 0 aromatic heterocycles. The third-order valence-corrected chi connectivity index (χ3v) is 3.95. The van der Waals surface area contributed by atoms with Crippen molar-refractivity contribution in [1.82, 2.24) is 0 Å². The Morgan fingerprint density at radius 3 is 2.62 bits per heavy atom. The van der Waals surface area contributed by atoms with Gasteiger partial charge in [0.25, 0.3) is 0 Å². The standard InChI is InChI=1S/C18H20N2O6/c1-5-25-18(22)14-9(2)26-17(20)12(8-19)15(14)11-6-10(23-3)7-13(24-4)16(11)21/h6-7,15,21H,5,20H2,1-4H3. The van der Waals surface area contributed by atoms with Crippen LogP contribution in [0.1, 0.15) is 25.3 Å². The fraction of sp³-hybridized carbons (Fsp3) is 0.333. The van der Waals surface area contributed by atoms with Crippen molar-refractivity contribution < 1.29 is 28.8 Å². The average molecular weight is 360 g/mol. The zero-order chi connectivity index (χ0) is 19.4. The molecule has 1 aliphatic heterocycles. The van der Waals surface area contributed by atoms with Crippen molar-refractivity contribution in [2.24, 2.45) is 5.73 Å². The molecule has 1 atom stereocenters. The van der Waals surface area contributed by atoms with Crippen LogP contribution in [0.25, 0.3) is 0 Å². The summed E-state index contributed by atoms with van der Waals surface area (Å²) < 4.78 is 20.8. The first-order valence-corrected chi connectivity index (χ1v) is 7.79. The summed E-state index contributed by atoms with van der Waals surface area (Å²) in [4.78, 5) is 12.5. The SMILES string of the molecule is CCOC(=O)C1=C(C)OC(N)=C(C#N)C1c1cc(OC)cc(OC)c1O. The number of aromatic hydroxyl groups is 1. The van der Waals surface area contributed by atoms with Gasteiger partial charge in [0.15, 0.2) is 11.5 Å². The number of phenolic OH excluding ortho intramolecular Hbond substituents is 1. The van der Waals surface area contributed by atoms with E-state index in [4.69, 9.17) is 24.7 Å². The topological polar surface area (TPSA) is 124 Å². The number of phenols is 1. The fourth-order valence-electron chi connectivity index (χ4n) is 2.76. The smallest absolute Gasteiger partial charge is 0.338 e. The number of carbonyl (C=O) groups excluding carboxylic acids is 1. The maximum atomic E-state index is 12.5. The van der Waals surface area contributed by atoms with Crippen LogP contribution in [0.3, 0.4) is 0 Å². The Morgan fingerprint density at radius 2 is 2.08 bits per heavy atom. The highest BCUT2D eigenvalue weighted by atomic mass is 16.5. The quantitative estimate of drug-likeness (QED) is 0.765. The molecule has 0 saturated heterocycles. The van der Waals surface area contributed by atoms with E-state index in [1.165, 1.54) is 33.3 Å². The number of rotatable bonds is 5. The van der Waals surface area contributed by atoms with Gasteiger partial charge in [-0.25, -0.2) is 4.79 Å². The van der Waals surface area contributed by atoms with E-state index in [2.05, 4.69) is 0 Å². The van der Waals surface area contributed by atoms with Gasteiger partial charge in [0.2, 0.25) is 5.88 Å². The van der Waals surface area contributed by atoms with E-state index in [0.29, 0.717) is 5.75 Å². The van der Waals surface area contributed by atoms with Gasteiger partial charge < -0.3 is 29.8 Å². The van der Waals surface area contributed by atoms with Crippen molar-refractivity contribution in [1.29, 1.82) is 5.26 Å². The summed E-state index contributed by atoms with van der Waals surface area (Å²) in [6.07, 6.45) is 0. The summed E-state index contributed by atoms with van der Waals surface area (Å²) in [6.45, 7) is 3.33. The number of ether oxygens (including phenoxy) is 4. The highest BCUT2D eigenvalue weighted by Crippen LogP contribution is 2.47. The second-order valence-electron chi connectivity index (χ2n) is 5.38. The second-order valence-corrected chi connectivity index (χ2v) is 5.38. The Bertz CT molecular complexity index is 835. The molecule has 26 heavy (non-hydrogen) atoms. The molecule has 0 saturated carbocycles. The van der Waals surface area contributed by atoms with Gasteiger partial charge in [-0.15, -0.1) is 0 Å². The van der Waals surface area contributed by atoms with E-state index in [9.17, 15) is 15.2 Å². The number of nitrogens with zero attached hydrogens (tertiary/aromatic N) is 1. The molecule has 3 N–H and O–H groups in total. The van der Waals surface area contributed by atoms with Crippen LogP contribution in [-0.2, 0) is 14.3 Å². The minimum Gasteiger partial charge on any atom is -0.504 e. The molecule has 0 fully saturated rings. The number of nitriles is 1. The van der Waals surface area contributed by atoms with Crippen LogP contribution in [0.5, 0.6) is 17.2 Å². The number of esters is 1. The largest absolute Gasteiger partial charge is 0.504 e. The van der Waals surface area contributed by atoms with Gasteiger partial charge in [0, 0.05) is 11.6 Å². The van der Waals surface area contributed by atoms with E-state index in [0.717, 1.165) is 0 Å². The zero-order valence-electron chi connectivity index (χ0n) is 15.0. The third kappa shape index (κ3) is 3.24. The number of hydrogen-bond donors (Lipinski definition) is 2. The molecule has 1 unspecified atom stereocenters. The first-order valence-electron chi connectivity index (χ1n) is 7.79. The van der Waals surface area contributed by atoms with Crippen LogP contribution in [-0.4, -0.2) is 31.9 Å². The minimum absolute atomic E-state index is 0.0238. The Kier molecular flexibility index (Phi) is 5.62. The number of allylic oxidation sites excluding steroid dienone is 2. The van der Waals surface area contributed by atoms with Crippen molar-refractivity contribution in [3.8, 4) is 23.3 Å². The van der Waals surface area contributed by atoms with E-state index >= 15 is 0 Å². The summed E-state index contributed by atoms with van der Waals surface area (Å²) in [5.74, 6) is -1.36. The maximum absolute atomic E-state index is 12.5. The molecular weight excluding hydrogens is 340 g/mol. The molecule has 0 spiro atoms. The lowest BCUT2D eigenvalue weighted by Crippen LogP contribution is -2.25. The summed E-state index contributed by atoms with van der Waals surface area (Å²) in [6, 6.07) is 4.94. The molecule has 138 valence electrons. The summed E-state index contributed by atoms with van der Waals surface area (Å²) in [7, 11) is 2.83. The predicted molar refractivity (Wildman–Crippen MR) is 91.2 cm³/mol. The molecule has 1 aromatic rings. The fourth-order valence-corrected chi connectivity index (χ4v) is 2.76. The zero-order valence-corrected chi connectivity index (χ0v) is 15.0. The average Bonchev–Trinajstić information content (AvgIpc) is 2.61. The van der Waals surface area contributed by atoms with Crippen LogP contribution in [0.15, 0.2) is 34.9 Å². The van der Waals surface area contributed by atoms with Gasteiger partial charge in [0.1, 0.15) is 23.2 Å². The lowest BCUT2D eigenvalue weighted by molar-refractivity contribution is -0.139. The Balaban J connectivity index is 2.78. The van der Waals surface area contributed by atoms with Crippen LogP contribution in [0.2, 0.25) is 0 Å². The number of carbonyl (C=O) groups is 1. The van der Waals surface area contributed by atoms with Crippen molar-refractivity contribution >= 4 is 5.97 Å². The Labute approximate surface area is 151 Å². The first kappa shape index (κ1) is 19.0. The molecule has 2 rings (SSSR count). The summed E-state index contributed by atoms with van der Waals surface area (Å²) in [5.41, 5.74) is 6.10. The van der Waals surface area contributed by atoms with Gasteiger partial charge >= 0.3 is 5.97 Å². The highest BCUT2D eigenvalue weighted by Gasteiger charge is 2.38. The van der Waals surface area contributed by atoms with Gasteiger partial charge in [-0.05, 0) is 19.9 Å². The molecule has 0 bridgehead atoms. The number of nitrogens with two attached hydrogens (primary N) is 1. The van der Waals surface area contributed by atoms with Crippen molar-refractivity contribution in [2.75, 3.05) is 20.8 Å². The third-order valence-electron chi connectivity index (χ3n) is 3.95. The highest BCUT2D eigenvalue weighted by molar-refractivity contribution is 5.93. The molecule has 0 radical (unpaired) electrons. The van der Waals surface area contributed by atoms with Crippen LogP contribution >= 0.6 is 0 Å². The lowest BCUT2D eigenvalue weighted by Gasteiger charge is -2.27. The minimum atomic E-state index is -0.989. The normalized spacial score (nSPS) is 16.7. The predicted octanol–water partition coefficient (Wildman–Crippen LogP) is 2.05. The van der Waals surface area contributed by atoms with Crippen molar-refractivity contribution in [2.45, 2.75) is 19.8 Å². The summed E-state index contributed by atoms with van der Waals surface area (Å²) in [5, 5.41) is 20.2. The number of hydrogen-bond acceptors (Lipinski definition) is 8. The van der Waals surface area contributed by atoms with E-state index in [1.807, 2.05) is 6.07 Å². The lowest BCUT2D eigenvalue weighted by atomic mass is 9.82. The van der Waals surface area contributed by atoms with Crippen LogP contribution in [0, 0.1) is 11.3 Å². The van der Waals surface area contributed by atoms with Gasteiger partial charge in [-0.3, -0.25) is 0 Å². The molecule has 1 aliphatic rings. The Morgan fingerprint density at radius 1 is 1.38 bits per heavy atom.